The average molecular weight is 668 g/mol. The molecule has 0 N–H and O–H groups in total. The quantitative estimate of drug-likeness (QED) is 0.226. The Morgan fingerprint density at radius 2 is 1.81 bits per heavy atom. The van der Waals surface area contributed by atoms with E-state index in [1.165, 1.54) is 29.1 Å². The molecule has 0 amide bonds. The van der Waals surface area contributed by atoms with Crippen molar-refractivity contribution in [3.8, 4) is 17.2 Å². The minimum absolute atomic E-state index is 0.0323. The van der Waals surface area contributed by atoms with Gasteiger partial charge in [0.1, 0.15) is 18.2 Å². The van der Waals surface area contributed by atoms with E-state index in [9.17, 15) is 14.0 Å². The fraction of sp³-hybridized carbons (Fsp3) is 0.219. The summed E-state index contributed by atoms with van der Waals surface area (Å²) in [5.74, 6) is 0.592. The number of carbonyl (C=O) groups is 1. The van der Waals surface area contributed by atoms with Crippen LogP contribution in [0.3, 0.4) is 0 Å². The molecule has 222 valence electrons. The van der Waals surface area contributed by atoms with Crippen molar-refractivity contribution in [1.29, 1.82) is 0 Å². The molecule has 3 aromatic carbocycles. The van der Waals surface area contributed by atoms with Crippen molar-refractivity contribution in [2.75, 3.05) is 20.8 Å². The third-order valence-corrected chi connectivity index (χ3v) is 8.44. The summed E-state index contributed by atoms with van der Waals surface area (Å²) in [5, 5.41) is 0. The van der Waals surface area contributed by atoms with Gasteiger partial charge in [-0.05, 0) is 77.3 Å². The standard InChI is InChI=1S/C32H28BrFN2O6S/c1-5-41-31(38)28-18(2)35-32-36(29(28)20-11-13-24(39-3)22(33)16-20)30(37)27(43-32)15-19-10-12-25(26(14-19)40-4)42-17-21-8-6-7-9-23(21)34/h6-16,29H,5,17H2,1-4H3/b27-15+/t29-/m0/s1. The molecule has 0 saturated carbocycles. The van der Waals surface area contributed by atoms with Crippen LogP contribution in [0.1, 0.15) is 36.6 Å². The van der Waals surface area contributed by atoms with Crippen LogP contribution < -0.4 is 29.1 Å². The van der Waals surface area contributed by atoms with Crippen LogP contribution in [0.2, 0.25) is 0 Å². The second-order valence-electron chi connectivity index (χ2n) is 9.49. The summed E-state index contributed by atoms with van der Waals surface area (Å²) in [5.41, 5.74) is 2.25. The van der Waals surface area contributed by atoms with Crippen molar-refractivity contribution in [3.05, 3.63) is 119 Å². The topological polar surface area (TPSA) is 88.4 Å². The molecule has 0 spiro atoms. The number of carbonyl (C=O) groups excluding carboxylic acids is 1. The van der Waals surface area contributed by atoms with Crippen LogP contribution in [0.5, 0.6) is 17.2 Å². The van der Waals surface area contributed by atoms with Gasteiger partial charge in [0.15, 0.2) is 16.3 Å². The van der Waals surface area contributed by atoms with E-state index in [4.69, 9.17) is 18.9 Å². The summed E-state index contributed by atoms with van der Waals surface area (Å²) in [6, 6.07) is 16.3. The Hall–Kier alpha value is -4.22. The van der Waals surface area contributed by atoms with Gasteiger partial charge in [0.25, 0.3) is 5.56 Å². The number of aromatic nitrogens is 1. The number of allylic oxidation sites excluding steroid dienone is 1. The monoisotopic (exact) mass is 666 g/mol. The minimum atomic E-state index is -0.761. The van der Waals surface area contributed by atoms with Crippen molar-refractivity contribution >= 4 is 39.3 Å². The first kappa shape index (κ1) is 30.2. The third kappa shape index (κ3) is 6.14. The highest BCUT2D eigenvalue weighted by Crippen LogP contribution is 2.35. The molecule has 11 heteroatoms. The normalized spacial score (nSPS) is 14.7. The van der Waals surface area contributed by atoms with Gasteiger partial charge in [-0.25, -0.2) is 14.2 Å². The smallest absolute Gasteiger partial charge is 0.338 e. The SMILES string of the molecule is CCOC(=O)C1=C(C)N=c2s/c(=C/c3ccc(OCc4ccccc4F)c(OC)c3)c(=O)n2[C@H]1c1ccc(OC)c(Br)c1. The highest BCUT2D eigenvalue weighted by atomic mass is 79.9. The maximum atomic E-state index is 14.0. The fourth-order valence-corrected chi connectivity index (χ4v) is 6.38. The zero-order valence-corrected chi connectivity index (χ0v) is 26.3. The number of esters is 1. The van der Waals surface area contributed by atoms with E-state index in [-0.39, 0.29) is 30.2 Å². The number of methoxy groups -OCH3 is 2. The van der Waals surface area contributed by atoms with Crippen molar-refractivity contribution in [2.45, 2.75) is 26.5 Å². The molecular weight excluding hydrogens is 639 g/mol. The van der Waals surface area contributed by atoms with Gasteiger partial charge in [-0.1, -0.05) is 41.7 Å². The van der Waals surface area contributed by atoms with Crippen LogP contribution in [0.4, 0.5) is 4.39 Å². The largest absolute Gasteiger partial charge is 0.496 e. The average Bonchev–Trinajstić information content (AvgIpc) is 3.30. The summed E-state index contributed by atoms with van der Waals surface area (Å²) in [6.45, 7) is 3.68. The number of thiazole rings is 1. The van der Waals surface area contributed by atoms with E-state index in [1.54, 1.807) is 69.5 Å². The first-order valence-electron chi connectivity index (χ1n) is 13.3. The first-order valence-corrected chi connectivity index (χ1v) is 14.9. The lowest BCUT2D eigenvalue weighted by Gasteiger charge is -2.25. The lowest BCUT2D eigenvalue weighted by molar-refractivity contribution is -0.139. The second kappa shape index (κ2) is 13.0. The number of hydrogen-bond donors (Lipinski definition) is 0. The first-order chi connectivity index (χ1) is 20.7. The van der Waals surface area contributed by atoms with E-state index in [2.05, 4.69) is 20.9 Å². The minimum Gasteiger partial charge on any atom is -0.496 e. The molecule has 0 unspecified atom stereocenters. The molecular formula is C32H28BrFN2O6S. The summed E-state index contributed by atoms with van der Waals surface area (Å²) in [7, 11) is 3.07. The molecule has 1 atom stereocenters. The van der Waals surface area contributed by atoms with Crippen LogP contribution >= 0.6 is 27.3 Å². The van der Waals surface area contributed by atoms with Gasteiger partial charge in [0, 0.05) is 5.56 Å². The summed E-state index contributed by atoms with van der Waals surface area (Å²) in [4.78, 5) is 32.2. The van der Waals surface area contributed by atoms with E-state index in [0.29, 0.717) is 53.4 Å². The number of ether oxygens (including phenoxy) is 4. The number of hydrogen-bond acceptors (Lipinski definition) is 8. The zero-order valence-electron chi connectivity index (χ0n) is 23.9. The van der Waals surface area contributed by atoms with E-state index >= 15 is 0 Å². The number of halogens is 2. The molecule has 0 fully saturated rings. The maximum absolute atomic E-state index is 14.0. The van der Waals surface area contributed by atoms with Crippen molar-refractivity contribution in [2.24, 2.45) is 4.99 Å². The van der Waals surface area contributed by atoms with Gasteiger partial charge in [-0.2, -0.15) is 0 Å². The molecule has 1 aromatic heterocycles. The molecule has 1 aliphatic rings. The van der Waals surface area contributed by atoms with Gasteiger partial charge in [0.2, 0.25) is 0 Å². The highest BCUT2D eigenvalue weighted by Gasteiger charge is 2.33. The Kier molecular flexibility index (Phi) is 9.12. The second-order valence-corrected chi connectivity index (χ2v) is 11.4. The van der Waals surface area contributed by atoms with Crippen LogP contribution in [0, 0.1) is 5.82 Å². The molecule has 2 heterocycles. The molecule has 0 aliphatic carbocycles. The Morgan fingerprint density at radius 3 is 2.51 bits per heavy atom. The maximum Gasteiger partial charge on any atom is 0.338 e. The van der Waals surface area contributed by atoms with Crippen molar-refractivity contribution in [1.82, 2.24) is 4.57 Å². The van der Waals surface area contributed by atoms with E-state index in [0.717, 1.165) is 0 Å². The number of benzene rings is 3. The van der Waals surface area contributed by atoms with Crippen LogP contribution in [0.15, 0.2) is 86.2 Å². The molecule has 0 radical (unpaired) electrons. The van der Waals surface area contributed by atoms with Crippen LogP contribution in [-0.4, -0.2) is 31.4 Å². The lowest BCUT2D eigenvalue weighted by atomic mass is 9.96. The Balaban J connectivity index is 1.56. The Morgan fingerprint density at radius 1 is 1.07 bits per heavy atom. The Labute approximate surface area is 259 Å². The molecule has 43 heavy (non-hydrogen) atoms. The van der Waals surface area contributed by atoms with Gasteiger partial charge in [-0.3, -0.25) is 9.36 Å². The summed E-state index contributed by atoms with van der Waals surface area (Å²) in [6.07, 6.45) is 1.73. The van der Waals surface area contributed by atoms with Crippen molar-refractivity contribution in [3.63, 3.8) is 0 Å². The van der Waals surface area contributed by atoms with Gasteiger partial charge in [-0.15, -0.1) is 0 Å². The lowest BCUT2D eigenvalue weighted by Crippen LogP contribution is -2.39. The van der Waals surface area contributed by atoms with Gasteiger partial charge in [0.05, 0.1) is 47.1 Å². The highest BCUT2D eigenvalue weighted by molar-refractivity contribution is 9.10. The third-order valence-electron chi connectivity index (χ3n) is 6.84. The Bertz CT molecular complexity index is 1920. The van der Waals surface area contributed by atoms with Crippen LogP contribution in [-0.2, 0) is 16.1 Å². The number of fused-ring (bicyclic) bond motifs is 1. The van der Waals surface area contributed by atoms with E-state index < -0.39 is 12.0 Å². The molecule has 8 nitrogen and oxygen atoms in total. The number of nitrogens with zero attached hydrogens (tertiary/aromatic N) is 2. The predicted molar refractivity (Wildman–Crippen MR) is 165 cm³/mol. The molecule has 1 aliphatic heterocycles. The summed E-state index contributed by atoms with van der Waals surface area (Å²) < 4.78 is 38.8. The van der Waals surface area contributed by atoms with Crippen molar-refractivity contribution < 1.29 is 28.1 Å². The summed E-state index contributed by atoms with van der Waals surface area (Å²) >= 11 is 4.74. The molecule has 0 saturated heterocycles. The van der Waals surface area contributed by atoms with Crippen LogP contribution in [0.25, 0.3) is 6.08 Å². The van der Waals surface area contributed by atoms with Gasteiger partial charge >= 0.3 is 5.97 Å². The van der Waals surface area contributed by atoms with Gasteiger partial charge < -0.3 is 18.9 Å². The molecule has 0 bridgehead atoms. The molecule has 5 rings (SSSR count). The number of rotatable bonds is 9. The fourth-order valence-electron chi connectivity index (χ4n) is 4.78. The molecule has 4 aromatic rings. The zero-order chi connectivity index (χ0) is 30.7. The van der Waals surface area contributed by atoms with E-state index in [1.807, 2.05) is 12.1 Å². The predicted octanol–water partition coefficient (Wildman–Crippen LogP) is 5.30.